The summed E-state index contributed by atoms with van der Waals surface area (Å²) in [5, 5.41) is 4.37. The number of hydrogen-bond donors (Lipinski definition) is 1. The van der Waals surface area contributed by atoms with Crippen LogP contribution in [0.2, 0.25) is 0 Å². The number of rotatable bonds is 1. The van der Waals surface area contributed by atoms with Crippen molar-refractivity contribution >= 4 is 11.8 Å². The zero-order valence-electron chi connectivity index (χ0n) is 8.38. The van der Waals surface area contributed by atoms with Crippen molar-refractivity contribution in [3.05, 3.63) is 11.8 Å². The van der Waals surface area contributed by atoms with Crippen molar-refractivity contribution in [3.8, 4) is 0 Å². The third-order valence-corrected chi connectivity index (χ3v) is 4.11. The molecule has 2 atom stereocenters. The fourth-order valence-corrected chi connectivity index (χ4v) is 3.06. The lowest BCUT2D eigenvalue weighted by atomic mass is 9.89. The van der Waals surface area contributed by atoms with E-state index in [2.05, 4.69) is 17.6 Å². The number of nitrogens with one attached hydrogen (secondary N) is 1. The zero-order chi connectivity index (χ0) is 9.10. The lowest BCUT2D eigenvalue weighted by molar-refractivity contribution is 0.465. The molecule has 1 N–H and O–H groups in total. The summed E-state index contributed by atoms with van der Waals surface area (Å²) in [6.07, 6.45) is 12.9. The summed E-state index contributed by atoms with van der Waals surface area (Å²) in [6, 6.07) is 0. The largest absolute Gasteiger partial charge is 0.377 e. The van der Waals surface area contributed by atoms with Crippen LogP contribution in [0.5, 0.6) is 0 Å². The Morgan fingerprint density at radius 3 is 3.00 bits per heavy atom. The Kier molecular flexibility index (Phi) is 3.20. The molecule has 0 spiro atoms. The molecule has 2 heteroatoms. The Balaban J connectivity index is 2.05. The van der Waals surface area contributed by atoms with Crippen LogP contribution >= 0.6 is 11.8 Å². The van der Waals surface area contributed by atoms with E-state index in [0.29, 0.717) is 5.37 Å². The third-order valence-electron chi connectivity index (χ3n) is 3.19. The number of hydrogen-bond acceptors (Lipinski definition) is 2. The van der Waals surface area contributed by atoms with E-state index in [9.17, 15) is 0 Å². The van der Waals surface area contributed by atoms with E-state index >= 15 is 0 Å². The molecule has 2 rings (SSSR count). The van der Waals surface area contributed by atoms with E-state index in [1.54, 1.807) is 5.70 Å². The Morgan fingerprint density at radius 2 is 2.15 bits per heavy atom. The molecule has 0 bridgehead atoms. The molecule has 1 fully saturated rings. The lowest BCUT2D eigenvalue weighted by Gasteiger charge is -2.24. The van der Waals surface area contributed by atoms with Crippen LogP contribution in [0.1, 0.15) is 38.5 Å². The van der Waals surface area contributed by atoms with Crippen molar-refractivity contribution in [2.45, 2.75) is 43.9 Å². The van der Waals surface area contributed by atoms with Gasteiger partial charge in [0.2, 0.25) is 0 Å². The van der Waals surface area contributed by atoms with Gasteiger partial charge in [0.1, 0.15) is 0 Å². The predicted octanol–water partition coefficient (Wildman–Crippen LogP) is 3.13. The zero-order valence-corrected chi connectivity index (χ0v) is 9.20. The summed E-state index contributed by atoms with van der Waals surface area (Å²) in [4.78, 5) is 0. The van der Waals surface area contributed by atoms with Crippen molar-refractivity contribution in [1.82, 2.24) is 5.32 Å². The van der Waals surface area contributed by atoms with Crippen LogP contribution < -0.4 is 5.32 Å². The number of fused-ring (bicyclic) bond motifs is 1. The summed E-state index contributed by atoms with van der Waals surface area (Å²) >= 11 is 1.96. The quantitative estimate of drug-likeness (QED) is 0.693. The molecular formula is C11H19NS. The van der Waals surface area contributed by atoms with Gasteiger partial charge in [-0.25, -0.2) is 0 Å². The first kappa shape index (κ1) is 9.45. The molecule has 1 nitrogen and oxygen atoms in total. The summed E-state index contributed by atoms with van der Waals surface area (Å²) in [7, 11) is 0. The fourth-order valence-electron chi connectivity index (χ4n) is 2.41. The monoisotopic (exact) mass is 197 g/mol. The van der Waals surface area contributed by atoms with Gasteiger partial charge in [-0.15, -0.1) is 11.8 Å². The van der Waals surface area contributed by atoms with Gasteiger partial charge in [0, 0.05) is 5.70 Å². The molecule has 2 unspecified atom stereocenters. The topological polar surface area (TPSA) is 12.0 Å². The minimum absolute atomic E-state index is 0.675. The number of allylic oxidation sites excluding steroid dienone is 2. The highest BCUT2D eigenvalue weighted by atomic mass is 32.2. The molecule has 1 heterocycles. The average Bonchev–Trinajstić information content (AvgIpc) is 2.38. The molecule has 74 valence electrons. The van der Waals surface area contributed by atoms with Crippen molar-refractivity contribution < 1.29 is 0 Å². The molecule has 0 saturated carbocycles. The Morgan fingerprint density at radius 1 is 1.31 bits per heavy atom. The van der Waals surface area contributed by atoms with E-state index in [1.165, 1.54) is 38.5 Å². The van der Waals surface area contributed by atoms with Gasteiger partial charge in [0.15, 0.2) is 0 Å². The first-order chi connectivity index (χ1) is 6.40. The molecule has 1 aliphatic carbocycles. The summed E-state index contributed by atoms with van der Waals surface area (Å²) < 4.78 is 0. The van der Waals surface area contributed by atoms with Crippen LogP contribution in [0, 0.1) is 5.92 Å². The summed E-state index contributed by atoms with van der Waals surface area (Å²) in [5.74, 6) is 0.867. The van der Waals surface area contributed by atoms with Crippen LogP contribution in [0.4, 0.5) is 0 Å². The molecule has 0 radical (unpaired) electrons. The fraction of sp³-hybridized carbons (Fsp3) is 0.818. The van der Waals surface area contributed by atoms with E-state index < -0.39 is 0 Å². The van der Waals surface area contributed by atoms with Crippen LogP contribution in [-0.4, -0.2) is 11.6 Å². The van der Waals surface area contributed by atoms with Gasteiger partial charge >= 0.3 is 0 Å². The van der Waals surface area contributed by atoms with Crippen molar-refractivity contribution in [2.24, 2.45) is 5.92 Å². The Labute approximate surface area is 85.4 Å². The first-order valence-corrected chi connectivity index (χ1v) is 6.68. The maximum absolute atomic E-state index is 3.69. The normalized spacial score (nSPS) is 34.1. The molecular weight excluding hydrogens is 178 g/mol. The van der Waals surface area contributed by atoms with E-state index in [-0.39, 0.29) is 0 Å². The summed E-state index contributed by atoms with van der Waals surface area (Å²) in [6.45, 7) is 0. The smallest absolute Gasteiger partial charge is 0.0717 e. The second-order valence-corrected chi connectivity index (χ2v) is 5.13. The SMILES string of the molecule is CSC1CCCC2CCCC=C2N1. The van der Waals surface area contributed by atoms with Gasteiger partial charge in [0.25, 0.3) is 0 Å². The highest BCUT2D eigenvalue weighted by molar-refractivity contribution is 7.99. The highest BCUT2D eigenvalue weighted by Gasteiger charge is 2.23. The highest BCUT2D eigenvalue weighted by Crippen LogP contribution is 2.32. The predicted molar refractivity (Wildman–Crippen MR) is 59.7 cm³/mol. The third kappa shape index (κ3) is 2.22. The molecule has 0 aromatic rings. The molecule has 1 saturated heterocycles. The Bertz CT molecular complexity index is 200. The maximum Gasteiger partial charge on any atom is 0.0717 e. The van der Waals surface area contributed by atoms with Crippen LogP contribution in [0.15, 0.2) is 11.8 Å². The minimum Gasteiger partial charge on any atom is -0.377 e. The minimum atomic E-state index is 0.675. The first-order valence-electron chi connectivity index (χ1n) is 5.39. The van der Waals surface area contributed by atoms with E-state index in [0.717, 1.165) is 5.92 Å². The van der Waals surface area contributed by atoms with Gasteiger partial charge in [-0.3, -0.25) is 0 Å². The standard InChI is InChI=1S/C11H19NS/c1-13-11-8-4-6-9-5-2-3-7-10(9)12-11/h7,9,11-12H,2-6,8H2,1H3. The van der Waals surface area contributed by atoms with Crippen molar-refractivity contribution in [1.29, 1.82) is 0 Å². The second kappa shape index (κ2) is 4.41. The molecule has 13 heavy (non-hydrogen) atoms. The van der Waals surface area contributed by atoms with Crippen LogP contribution in [-0.2, 0) is 0 Å². The average molecular weight is 197 g/mol. The van der Waals surface area contributed by atoms with E-state index in [1.807, 2.05) is 11.8 Å². The molecule has 0 aromatic heterocycles. The lowest BCUT2D eigenvalue weighted by Crippen LogP contribution is -2.27. The van der Waals surface area contributed by atoms with Gasteiger partial charge in [0.05, 0.1) is 5.37 Å². The molecule has 1 aliphatic heterocycles. The van der Waals surface area contributed by atoms with Gasteiger partial charge in [-0.1, -0.05) is 6.08 Å². The molecule has 0 aromatic carbocycles. The summed E-state index contributed by atoms with van der Waals surface area (Å²) in [5.41, 5.74) is 1.56. The maximum atomic E-state index is 3.69. The van der Waals surface area contributed by atoms with E-state index in [4.69, 9.17) is 0 Å². The molecule has 2 aliphatic rings. The van der Waals surface area contributed by atoms with Crippen LogP contribution in [0.3, 0.4) is 0 Å². The second-order valence-electron chi connectivity index (χ2n) is 4.09. The Hall–Kier alpha value is -0.110. The molecule has 0 amide bonds. The number of thioether (sulfide) groups is 1. The van der Waals surface area contributed by atoms with Crippen molar-refractivity contribution in [3.63, 3.8) is 0 Å². The van der Waals surface area contributed by atoms with Gasteiger partial charge in [-0.05, 0) is 50.7 Å². The van der Waals surface area contributed by atoms with Gasteiger partial charge in [-0.2, -0.15) is 0 Å². The van der Waals surface area contributed by atoms with Crippen molar-refractivity contribution in [2.75, 3.05) is 6.26 Å². The van der Waals surface area contributed by atoms with Crippen LogP contribution in [0.25, 0.3) is 0 Å². The van der Waals surface area contributed by atoms with Gasteiger partial charge < -0.3 is 5.32 Å².